The minimum atomic E-state index is -4.71. The molecule has 39 heavy (non-hydrogen) atoms. The third kappa shape index (κ3) is 7.41. The summed E-state index contributed by atoms with van der Waals surface area (Å²) in [6, 6.07) is 1.01. The predicted molar refractivity (Wildman–Crippen MR) is 137 cm³/mol. The Morgan fingerprint density at radius 2 is 1.87 bits per heavy atom. The molecular weight excluding hydrogens is 525 g/mol. The second-order valence-electron chi connectivity index (χ2n) is 10.5. The van der Waals surface area contributed by atoms with Gasteiger partial charge in [0.2, 0.25) is 0 Å². The molecule has 1 aromatic carbocycles. The number of carbonyl (C=O) groups excluding carboxylic acids is 1. The summed E-state index contributed by atoms with van der Waals surface area (Å²) in [4.78, 5) is 14.0. The van der Waals surface area contributed by atoms with E-state index in [0.29, 0.717) is 13.0 Å². The number of benzene rings is 1. The van der Waals surface area contributed by atoms with E-state index in [-0.39, 0.29) is 30.2 Å². The second-order valence-corrected chi connectivity index (χ2v) is 10.5. The summed E-state index contributed by atoms with van der Waals surface area (Å²) in [6.07, 6.45) is -4.91. The molecule has 0 radical (unpaired) electrons. The highest BCUT2D eigenvalue weighted by atomic mass is 19.4. The standard InChI is InChI=1S/C25H36BF4N3O6/c1-7-33(20(31)14-36-21-10-8-9-11-35-21)22(34)32-18-13-19(37-15(2)25(28,29)30)16(12-17(18)27)26-38-23(3,4)24(5,6)39-26/h12-13,15,21,31H,7-11,14H2,1-6H3,(H,32,34)/t15-,21?/m0/s1. The molecule has 1 unspecified atom stereocenters. The van der Waals surface area contributed by atoms with Crippen molar-refractivity contribution in [2.24, 2.45) is 0 Å². The number of rotatable bonds is 8. The van der Waals surface area contributed by atoms with Crippen LogP contribution in [-0.2, 0) is 18.8 Å². The molecule has 14 heteroatoms. The number of amides is 2. The first-order valence-electron chi connectivity index (χ1n) is 12.9. The third-order valence-corrected chi connectivity index (χ3v) is 7.04. The minimum Gasteiger partial charge on any atom is -0.482 e. The van der Waals surface area contributed by atoms with Crippen molar-refractivity contribution in [1.82, 2.24) is 4.90 Å². The Bertz CT molecular complexity index is 1030. The lowest BCUT2D eigenvalue weighted by atomic mass is 9.78. The average Bonchev–Trinajstić information content (AvgIpc) is 3.06. The number of hydrogen-bond acceptors (Lipinski definition) is 7. The van der Waals surface area contributed by atoms with Crippen molar-refractivity contribution in [1.29, 1.82) is 5.41 Å². The molecule has 0 spiro atoms. The molecule has 1 aromatic rings. The van der Waals surface area contributed by atoms with E-state index in [2.05, 4.69) is 5.32 Å². The van der Waals surface area contributed by atoms with Crippen LogP contribution in [0.15, 0.2) is 12.1 Å². The number of ether oxygens (including phenoxy) is 3. The van der Waals surface area contributed by atoms with Gasteiger partial charge in [0, 0.05) is 24.7 Å². The number of carbonyl (C=O) groups is 1. The van der Waals surface area contributed by atoms with Gasteiger partial charge in [-0.3, -0.25) is 10.3 Å². The van der Waals surface area contributed by atoms with E-state index in [1.165, 1.54) is 0 Å². The topological polar surface area (TPSA) is 102 Å². The highest BCUT2D eigenvalue weighted by Crippen LogP contribution is 2.38. The first-order valence-corrected chi connectivity index (χ1v) is 12.9. The Morgan fingerprint density at radius 1 is 1.23 bits per heavy atom. The lowest BCUT2D eigenvalue weighted by Crippen LogP contribution is -2.43. The first-order chi connectivity index (χ1) is 18.1. The molecule has 3 rings (SSSR count). The van der Waals surface area contributed by atoms with Crippen LogP contribution in [0.25, 0.3) is 0 Å². The van der Waals surface area contributed by atoms with E-state index in [4.69, 9.17) is 28.9 Å². The van der Waals surface area contributed by atoms with Crippen molar-refractivity contribution in [2.75, 3.05) is 25.1 Å². The summed E-state index contributed by atoms with van der Waals surface area (Å²) >= 11 is 0. The van der Waals surface area contributed by atoms with E-state index in [9.17, 15) is 18.0 Å². The number of amidine groups is 1. The normalized spacial score (nSPS) is 21.4. The van der Waals surface area contributed by atoms with Gasteiger partial charge in [0.15, 0.2) is 12.4 Å². The average molecular weight is 561 g/mol. The van der Waals surface area contributed by atoms with Gasteiger partial charge < -0.3 is 28.8 Å². The summed E-state index contributed by atoms with van der Waals surface area (Å²) in [7, 11) is -1.22. The lowest BCUT2D eigenvalue weighted by Gasteiger charge is -2.32. The van der Waals surface area contributed by atoms with Gasteiger partial charge in [-0.1, -0.05) is 0 Å². The predicted octanol–water partition coefficient (Wildman–Crippen LogP) is 4.83. The Hall–Kier alpha value is -2.42. The van der Waals surface area contributed by atoms with Crippen molar-refractivity contribution in [3.8, 4) is 5.75 Å². The highest BCUT2D eigenvalue weighted by molar-refractivity contribution is 6.63. The molecule has 2 aliphatic heterocycles. The maximum atomic E-state index is 15.2. The van der Waals surface area contributed by atoms with E-state index >= 15 is 4.39 Å². The van der Waals surface area contributed by atoms with Gasteiger partial charge in [-0.25, -0.2) is 9.18 Å². The highest BCUT2D eigenvalue weighted by Gasteiger charge is 2.53. The molecule has 2 N–H and O–H groups in total. The van der Waals surface area contributed by atoms with Crippen molar-refractivity contribution in [3.05, 3.63) is 17.9 Å². The Labute approximate surface area is 226 Å². The number of hydrogen-bond donors (Lipinski definition) is 2. The monoisotopic (exact) mass is 561 g/mol. The number of alkyl halides is 3. The smallest absolute Gasteiger partial charge is 0.482 e. The number of urea groups is 1. The summed E-state index contributed by atoms with van der Waals surface area (Å²) in [6.45, 7) is 9.80. The lowest BCUT2D eigenvalue weighted by molar-refractivity contribution is -0.189. The molecule has 2 fully saturated rings. The molecular formula is C25H36BF4N3O6. The molecule has 9 nitrogen and oxygen atoms in total. The molecule has 2 heterocycles. The van der Waals surface area contributed by atoms with Crippen molar-refractivity contribution < 1.29 is 45.9 Å². The van der Waals surface area contributed by atoms with Crippen LogP contribution in [0.3, 0.4) is 0 Å². The van der Waals surface area contributed by atoms with Crippen LogP contribution in [-0.4, -0.2) is 73.4 Å². The zero-order valence-corrected chi connectivity index (χ0v) is 23.0. The molecule has 218 valence electrons. The van der Waals surface area contributed by atoms with Crippen LogP contribution in [0.5, 0.6) is 5.75 Å². The maximum absolute atomic E-state index is 15.2. The number of anilines is 1. The fourth-order valence-corrected chi connectivity index (χ4v) is 3.91. The molecule has 2 saturated heterocycles. The first kappa shape index (κ1) is 31.1. The van der Waals surface area contributed by atoms with Gasteiger partial charge in [0.1, 0.15) is 24.0 Å². The van der Waals surface area contributed by atoms with Crippen LogP contribution < -0.4 is 15.5 Å². The zero-order valence-electron chi connectivity index (χ0n) is 23.0. The van der Waals surface area contributed by atoms with E-state index < -0.39 is 54.4 Å². The molecule has 2 amide bonds. The molecule has 2 aliphatic rings. The Balaban J connectivity index is 1.83. The molecule has 0 saturated carbocycles. The Kier molecular flexibility index (Phi) is 9.57. The minimum absolute atomic E-state index is 0.0572. The van der Waals surface area contributed by atoms with Crippen LogP contribution in [0.1, 0.15) is 60.8 Å². The summed E-state index contributed by atoms with van der Waals surface area (Å²) in [5.41, 5.74) is -2.23. The summed E-state index contributed by atoms with van der Waals surface area (Å²) in [5.74, 6) is -1.51. The van der Waals surface area contributed by atoms with Gasteiger partial charge in [0.05, 0.1) is 16.9 Å². The van der Waals surface area contributed by atoms with Crippen molar-refractivity contribution >= 4 is 30.1 Å². The number of nitrogens with zero attached hydrogens (tertiary/aromatic N) is 1. The van der Waals surface area contributed by atoms with Gasteiger partial charge in [0.25, 0.3) is 0 Å². The quantitative estimate of drug-likeness (QED) is 0.204. The van der Waals surface area contributed by atoms with Crippen LogP contribution >= 0.6 is 0 Å². The van der Waals surface area contributed by atoms with Gasteiger partial charge in [-0.2, -0.15) is 13.2 Å². The second kappa shape index (κ2) is 12.0. The summed E-state index contributed by atoms with van der Waals surface area (Å²) < 4.78 is 83.3. The number of nitrogens with one attached hydrogen (secondary N) is 2. The largest absolute Gasteiger partial charge is 0.498 e. The van der Waals surface area contributed by atoms with Crippen LogP contribution in [0.2, 0.25) is 0 Å². The van der Waals surface area contributed by atoms with E-state index in [1.54, 1.807) is 34.6 Å². The Morgan fingerprint density at radius 3 is 2.41 bits per heavy atom. The van der Waals surface area contributed by atoms with Crippen LogP contribution in [0, 0.1) is 11.2 Å². The van der Waals surface area contributed by atoms with Gasteiger partial charge >= 0.3 is 19.3 Å². The van der Waals surface area contributed by atoms with E-state index in [1.807, 2.05) is 0 Å². The van der Waals surface area contributed by atoms with Gasteiger partial charge in [-0.15, -0.1) is 0 Å². The van der Waals surface area contributed by atoms with Crippen LogP contribution in [0.4, 0.5) is 28.0 Å². The molecule has 0 aromatic heterocycles. The summed E-state index contributed by atoms with van der Waals surface area (Å²) in [5, 5.41) is 10.6. The maximum Gasteiger partial charge on any atom is 0.498 e. The number of halogens is 4. The fraction of sp³-hybridized carbons (Fsp3) is 0.680. The van der Waals surface area contributed by atoms with Gasteiger partial charge in [-0.05, 0) is 66.9 Å². The van der Waals surface area contributed by atoms with E-state index in [0.717, 1.165) is 36.8 Å². The SMILES string of the molecule is CCN(C(=N)COC1CCCCO1)C(=O)Nc1cc(O[C@@H](C)C(F)(F)F)c(B2OC(C)(C)C(C)(C)O2)cc1F. The fourth-order valence-electron chi connectivity index (χ4n) is 3.91. The van der Waals surface area contributed by atoms with Crippen molar-refractivity contribution in [2.45, 2.75) is 90.6 Å². The zero-order chi connectivity index (χ0) is 29.2. The molecule has 0 aliphatic carbocycles. The van der Waals surface area contributed by atoms with Crippen molar-refractivity contribution in [3.63, 3.8) is 0 Å². The number of likely N-dealkylation sites (N-methyl/N-ethyl adjacent to an activating group) is 1. The third-order valence-electron chi connectivity index (χ3n) is 7.04. The molecule has 2 atom stereocenters. The molecule has 0 bridgehead atoms.